The Balaban J connectivity index is 0. The Labute approximate surface area is 85.0 Å². The number of rotatable bonds is 0. The van der Waals surface area contributed by atoms with Crippen molar-refractivity contribution in [3.63, 3.8) is 0 Å². The van der Waals surface area contributed by atoms with E-state index in [-0.39, 0.29) is 49.2 Å². The average Bonchev–Trinajstić information content (AvgIpc) is 1.69. The summed E-state index contributed by atoms with van der Waals surface area (Å²) in [5, 5.41) is 10.3. The molecule has 47 valence electrons. The Morgan fingerprint density at radius 2 is 2.22 bits per heavy atom. The number of halogens is 1. The molecule has 0 spiro atoms. The van der Waals surface area contributed by atoms with Crippen LogP contribution in [0.2, 0.25) is 0 Å². The second-order valence-corrected chi connectivity index (χ2v) is 1.66. The van der Waals surface area contributed by atoms with Gasteiger partial charge in [0.15, 0.2) is 5.76 Å². The summed E-state index contributed by atoms with van der Waals surface area (Å²) < 4.78 is 0. The predicted molar refractivity (Wildman–Crippen MR) is 26.1 cm³/mol. The molecule has 0 aliphatic heterocycles. The maximum Gasteiger partial charge on any atom is 0.197 e. The number of hydrogen-bond donors (Lipinski definition) is 0. The molecule has 0 fully saturated rings. The third kappa shape index (κ3) is 5.13. The van der Waals surface area contributed by atoms with Gasteiger partial charge >= 0.3 is 0 Å². The fourth-order valence-corrected chi connectivity index (χ4v) is 0.623. The van der Waals surface area contributed by atoms with Crippen LogP contribution in [-0.4, -0.2) is 0 Å². The predicted octanol–water partition coefficient (Wildman–Crippen LogP) is -1.36. The molecule has 9 heavy (non-hydrogen) atoms. The third-order valence-corrected chi connectivity index (χ3v) is 1.02. The quantitative estimate of drug-likeness (QED) is 0.298. The van der Waals surface area contributed by atoms with Gasteiger partial charge in [0.1, 0.15) is 0 Å². The Kier molecular flexibility index (Phi) is 9.32. The Hall–Kier alpha value is 0.673. The molecule has 0 aromatic heterocycles. The van der Waals surface area contributed by atoms with E-state index in [9.17, 15) is 5.11 Å². The summed E-state index contributed by atoms with van der Waals surface area (Å²) in [7, 11) is 0. The van der Waals surface area contributed by atoms with Gasteiger partial charge < -0.3 is 24.0 Å². The second-order valence-electron chi connectivity index (χ2n) is 1.66. The van der Waals surface area contributed by atoms with Gasteiger partial charge in [-0.1, -0.05) is 5.73 Å². The molecule has 3 heteroatoms. The number of allylic oxidation sites excluding steroid dienone is 1. The zero-order chi connectivity index (χ0) is 5.11. The molecule has 1 radical (unpaired) electrons. The normalized spacial score (nSPS) is 14.9. The van der Waals surface area contributed by atoms with Gasteiger partial charge in [-0.2, -0.15) is 0 Å². The van der Waals surface area contributed by atoms with Gasteiger partial charge in [-0.3, -0.25) is 5.11 Å². The largest absolute Gasteiger partial charge is 1.00 e. The Morgan fingerprint density at radius 3 is 2.44 bits per heavy atom. The molecule has 0 unspecified atom stereocenters. The summed E-state index contributed by atoms with van der Waals surface area (Å²) in [5.41, 5.74) is 2.62. The number of hydrogen-bond acceptors (Lipinski definition) is 0. The van der Waals surface area contributed by atoms with E-state index in [1.54, 1.807) is 0 Å². The molecular formula is C6H7IOZn-. The van der Waals surface area contributed by atoms with Gasteiger partial charge in [0, 0.05) is 25.9 Å². The first kappa shape index (κ1) is 12.4. The second kappa shape index (κ2) is 6.79. The van der Waals surface area contributed by atoms with Crippen LogP contribution in [0.3, 0.4) is 0 Å². The van der Waals surface area contributed by atoms with Crippen LogP contribution in [0.15, 0.2) is 17.6 Å². The first-order chi connectivity index (χ1) is 3.39. The smallest absolute Gasteiger partial charge is 0.197 e. The van der Waals surface area contributed by atoms with E-state index in [0.717, 1.165) is 12.8 Å². The minimum atomic E-state index is 0. The fourth-order valence-electron chi connectivity index (χ4n) is 0.623. The molecule has 0 atom stereocenters. The SMILES string of the molecule is [I-].[O]C1=C=CCCC1.[Zn]. The van der Waals surface area contributed by atoms with Crippen molar-refractivity contribution >= 4 is 0 Å². The first-order valence-corrected chi connectivity index (χ1v) is 2.50. The molecule has 0 amide bonds. The van der Waals surface area contributed by atoms with Gasteiger partial charge in [-0.15, -0.1) is 0 Å². The fraction of sp³-hybridized carbons (Fsp3) is 0.500. The van der Waals surface area contributed by atoms with Crippen LogP contribution >= 0.6 is 0 Å². The minimum absolute atomic E-state index is 0. The molecule has 0 aromatic rings. The molecule has 1 rings (SSSR count). The summed E-state index contributed by atoms with van der Waals surface area (Å²) in [6.07, 6.45) is 4.57. The molecule has 1 aliphatic carbocycles. The van der Waals surface area contributed by atoms with Gasteiger partial charge in [0.05, 0.1) is 0 Å². The summed E-state index contributed by atoms with van der Waals surface area (Å²) in [6, 6.07) is 0. The molecule has 0 saturated heterocycles. The van der Waals surface area contributed by atoms with Gasteiger partial charge in [-0.05, 0) is 18.9 Å². The van der Waals surface area contributed by atoms with Crippen LogP contribution in [0.4, 0.5) is 0 Å². The summed E-state index contributed by atoms with van der Waals surface area (Å²) in [4.78, 5) is 0. The molecule has 0 bridgehead atoms. The third-order valence-electron chi connectivity index (χ3n) is 1.02. The van der Waals surface area contributed by atoms with E-state index in [2.05, 4.69) is 5.73 Å². The summed E-state index contributed by atoms with van der Waals surface area (Å²) >= 11 is 0. The topological polar surface area (TPSA) is 19.9 Å². The summed E-state index contributed by atoms with van der Waals surface area (Å²) in [5.74, 6) is 0.159. The Morgan fingerprint density at radius 1 is 1.56 bits per heavy atom. The van der Waals surface area contributed by atoms with Crippen LogP contribution < -0.4 is 24.0 Å². The van der Waals surface area contributed by atoms with Crippen LogP contribution in [0.25, 0.3) is 0 Å². The Bertz CT molecular complexity index is 127. The van der Waals surface area contributed by atoms with Crippen molar-refractivity contribution in [2.24, 2.45) is 0 Å². The molecule has 1 aliphatic rings. The van der Waals surface area contributed by atoms with Crippen LogP contribution in [0.5, 0.6) is 0 Å². The molecule has 0 heterocycles. The van der Waals surface area contributed by atoms with Crippen LogP contribution in [0.1, 0.15) is 19.3 Å². The van der Waals surface area contributed by atoms with E-state index >= 15 is 0 Å². The van der Waals surface area contributed by atoms with Crippen molar-refractivity contribution in [3.05, 3.63) is 17.6 Å². The molecule has 0 aromatic carbocycles. The van der Waals surface area contributed by atoms with E-state index in [1.165, 1.54) is 0 Å². The zero-order valence-electron chi connectivity index (χ0n) is 5.19. The molecule has 0 saturated carbocycles. The maximum atomic E-state index is 10.3. The van der Waals surface area contributed by atoms with Gasteiger partial charge in [0.2, 0.25) is 0 Å². The van der Waals surface area contributed by atoms with Crippen molar-refractivity contribution in [2.45, 2.75) is 19.3 Å². The van der Waals surface area contributed by atoms with Crippen LogP contribution in [-0.2, 0) is 24.6 Å². The van der Waals surface area contributed by atoms with Crippen molar-refractivity contribution in [2.75, 3.05) is 0 Å². The van der Waals surface area contributed by atoms with Gasteiger partial charge in [-0.25, -0.2) is 0 Å². The zero-order valence-corrected chi connectivity index (χ0v) is 10.3. The average molecular weight is 287 g/mol. The van der Waals surface area contributed by atoms with E-state index in [0.29, 0.717) is 6.42 Å². The molecular weight excluding hydrogens is 280 g/mol. The summed E-state index contributed by atoms with van der Waals surface area (Å²) in [6.45, 7) is 0. The van der Waals surface area contributed by atoms with Crippen molar-refractivity contribution in [3.8, 4) is 0 Å². The van der Waals surface area contributed by atoms with Gasteiger partial charge in [0.25, 0.3) is 0 Å². The van der Waals surface area contributed by atoms with Crippen molar-refractivity contribution in [1.82, 2.24) is 0 Å². The van der Waals surface area contributed by atoms with E-state index in [1.807, 2.05) is 6.08 Å². The standard InChI is InChI=1S/C6H7O.HI.Zn/c7-6-4-2-1-3-5-6;;/h2H,1,3,5H2;1H;/p-1. The molecule has 1 nitrogen and oxygen atoms in total. The van der Waals surface area contributed by atoms with Crippen LogP contribution in [0, 0.1) is 0 Å². The maximum absolute atomic E-state index is 10.3. The first-order valence-electron chi connectivity index (χ1n) is 2.50. The van der Waals surface area contributed by atoms with Crippen molar-refractivity contribution in [1.29, 1.82) is 0 Å². The van der Waals surface area contributed by atoms with E-state index < -0.39 is 0 Å². The van der Waals surface area contributed by atoms with E-state index in [4.69, 9.17) is 0 Å². The van der Waals surface area contributed by atoms with Crippen molar-refractivity contribution < 1.29 is 48.6 Å². The molecule has 0 N–H and O–H groups in total. The minimum Gasteiger partial charge on any atom is -1.00 e. The monoisotopic (exact) mass is 286 g/mol.